The summed E-state index contributed by atoms with van der Waals surface area (Å²) in [5.74, 6) is 0.793. The van der Waals surface area contributed by atoms with Crippen LogP contribution in [0.2, 0.25) is 0 Å². The Morgan fingerprint density at radius 2 is 2.14 bits per heavy atom. The van der Waals surface area contributed by atoms with E-state index in [0.717, 1.165) is 46.6 Å². The van der Waals surface area contributed by atoms with Crippen molar-refractivity contribution in [1.82, 2.24) is 25.1 Å². The zero-order valence-corrected chi connectivity index (χ0v) is 16.3. The number of pyridine rings is 1. The summed E-state index contributed by atoms with van der Waals surface area (Å²) in [7, 11) is 1.65. The first-order valence-electron chi connectivity index (χ1n) is 9.59. The highest BCUT2D eigenvalue weighted by molar-refractivity contribution is 5.98. The lowest BCUT2D eigenvalue weighted by Gasteiger charge is -2.41. The Kier molecular flexibility index (Phi) is 4.08. The molecule has 2 N–H and O–H groups in total. The van der Waals surface area contributed by atoms with E-state index < -0.39 is 0 Å². The number of fused-ring (bicyclic) bond motifs is 1. The maximum Gasteiger partial charge on any atom is 0.270 e. The molecule has 29 heavy (non-hydrogen) atoms. The molecule has 3 aromatic heterocycles. The third-order valence-corrected chi connectivity index (χ3v) is 5.57. The summed E-state index contributed by atoms with van der Waals surface area (Å²) in [6.07, 6.45) is 2.71. The van der Waals surface area contributed by atoms with Gasteiger partial charge in [0.25, 0.3) is 5.91 Å². The summed E-state index contributed by atoms with van der Waals surface area (Å²) in [6, 6.07) is 13.8. The summed E-state index contributed by atoms with van der Waals surface area (Å²) < 4.78 is 5.32. The van der Waals surface area contributed by atoms with Gasteiger partial charge in [0.2, 0.25) is 0 Å². The summed E-state index contributed by atoms with van der Waals surface area (Å²) in [6.45, 7) is 2.70. The lowest BCUT2D eigenvalue weighted by molar-refractivity contribution is 0.0454. The molecule has 0 bridgehead atoms. The third-order valence-electron chi connectivity index (χ3n) is 5.57. The second kappa shape index (κ2) is 6.77. The van der Waals surface area contributed by atoms with Gasteiger partial charge < -0.3 is 14.6 Å². The molecule has 1 aliphatic rings. The molecule has 1 aliphatic heterocycles. The van der Waals surface area contributed by atoms with Crippen molar-refractivity contribution in [3.63, 3.8) is 0 Å². The molecule has 5 rings (SSSR count). The average Bonchev–Trinajstić information content (AvgIpc) is 3.32. The molecule has 0 saturated carbocycles. The molecule has 4 aromatic rings. The number of hydrogen-bond donors (Lipinski definition) is 2. The monoisotopic (exact) mass is 387 g/mol. The van der Waals surface area contributed by atoms with Gasteiger partial charge in [0.05, 0.1) is 25.0 Å². The molecule has 1 aromatic carbocycles. The summed E-state index contributed by atoms with van der Waals surface area (Å²) in [5, 5.41) is 7.90. The maximum absolute atomic E-state index is 13.1. The van der Waals surface area contributed by atoms with Crippen LogP contribution in [0.1, 0.15) is 34.2 Å². The zero-order valence-electron chi connectivity index (χ0n) is 16.3. The molecule has 1 atom stereocenters. The van der Waals surface area contributed by atoms with Crippen molar-refractivity contribution in [3.8, 4) is 17.0 Å². The van der Waals surface area contributed by atoms with E-state index in [1.165, 1.54) is 0 Å². The quantitative estimate of drug-likeness (QED) is 0.557. The van der Waals surface area contributed by atoms with E-state index in [-0.39, 0.29) is 11.9 Å². The highest BCUT2D eigenvalue weighted by atomic mass is 16.5. The fraction of sp³-hybridized carbons (Fsp3) is 0.227. The smallest absolute Gasteiger partial charge is 0.270 e. The molecule has 4 heterocycles. The van der Waals surface area contributed by atoms with Crippen LogP contribution < -0.4 is 4.74 Å². The molecule has 146 valence electrons. The fourth-order valence-corrected chi connectivity index (χ4v) is 3.86. The van der Waals surface area contributed by atoms with Crippen molar-refractivity contribution in [2.24, 2.45) is 0 Å². The molecule has 0 unspecified atom stereocenters. The number of benzene rings is 1. The van der Waals surface area contributed by atoms with Crippen LogP contribution in [0.25, 0.3) is 22.3 Å². The van der Waals surface area contributed by atoms with Gasteiger partial charge in [-0.1, -0.05) is 12.1 Å². The van der Waals surface area contributed by atoms with Crippen LogP contribution in [0.4, 0.5) is 0 Å². The van der Waals surface area contributed by atoms with E-state index in [1.54, 1.807) is 13.3 Å². The van der Waals surface area contributed by atoms with Gasteiger partial charge >= 0.3 is 0 Å². The van der Waals surface area contributed by atoms with Crippen LogP contribution in [0.5, 0.6) is 5.75 Å². The minimum atomic E-state index is -0.0110. The van der Waals surface area contributed by atoms with Gasteiger partial charge in [-0.05, 0) is 49.2 Å². The third kappa shape index (κ3) is 2.95. The molecule has 0 aliphatic carbocycles. The van der Waals surface area contributed by atoms with Crippen LogP contribution in [0.3, 0.4) is 0 Å². The van der Waals surface area contributed by atoms with Crippen LogP contribution in [0.15, 0.2) is 48.7 Å². The number of rotatable bonds is 4. The number of nitrogens with zero attached hydrogens (tertiary/aromatic N) is 3. The second-order valence-electron chi connectivity index (χ2n) is 7.31. The van der Waals surface area contributed by atoms with E-state index >= 15 is 0 Å². The Morgan fingerprint density at radius 3 is 2.86 bits per heavy atom. The normalized spacial score (nSPS) is 16.1. The Morgan fingerprint density at radius 1 is 1.24 bits per heavy atom. The Hall–Kier alpha value is -3.61. The first-order valence-corrected chi connectivity index (χ1v) is 9.59. The number of carbonyl (C=O) groups excluding carboxylic acids is 1. The Bertz CT molecular complexity index is 1210. The molecule has 1 amide bonds. The average molecular weight is 387 g/mol. The topological polar surface area (TPSA) is 86.9 Å². The second-order valence-corrected chi connectivity index (χ2v) is 7.31. The fourth-order valence-electron chi connectivity index (χ4n) is 3.86. The highest BCUT2D eigenvalue weighted by Gasteiger charge is 2.34. The van der Waals surface area contributed by atoms with Gasteiger partial charge in [0.15, 0.2) is 0 Å². The van der Waals surface area contributed by atoms with E-state index in [1.807, 2.05) is 54.3 Å². The van der Waals surface area contributed by atoms with Crippen LogP contribution >= 0.6 is 0 Å². The van der Waals surface area contributed by atoms with Gasteiger partial charge in [-0.15, -0.1) is 0 Å². The lowest BCUT2D eigenvalue weighted by atomic mass is 9.94. The molecular weight excluding hydrogens is 366 g/mol. The number of amides is 1. The van der Waals surface area contributed by atoms with E-state index in [2.05, 4.69) is 20.2 Å². The number of hydrogen-bond acceptors (Lipinski definition) is 4. The number of aryl methyl sites for hydroxylation is 1. The van der Waals surface area contributed by atoms with Gasteiger partial charge in [-0.2, -0.15) is 5.10 Å². The number of nitrogens with one attached hydrogen (secondary N) is 2. The number of aromatic nitrogens is 4. The predicted molar refractivity (Wildman–Crippen MR) is 110 cm³/mol. The van der Waals surface area contributed by atoms with Crippen molar-refractivity contribution in [1.29, 1.82) is 0 Å². The Balaban J connectivity index is 1.43. The summed E-state index contributed by atoms with van der Waals surface area (Å²) in [4.78, 5) is 22.9. The van der Waals surface area contributed by atoms with Crippen molar-refractivity contribution < 1.29 is 9.53 Å². The number of ether oxygens (including phenoxy) is 1. The molecule has 7 nitrogen and oxygen atoms in total. The van der Waals surface area contributed by atoms with Crippen molar-refractivity contribution in [2.45, 2.75) is 19.4 Å². The molecule has 0 spiro atoms. The van der Waals surface area contributed by atoms with Crippen LogP contribution in [-0.4, -0.2) is 44.6 Å². The summed E-state index contributed by atoms with van der Waals surface area (Å²) in [5.41, 5.74) is 5.08. The predicted octanol–water partition coefficient (Wildman–Crippen LogP) is 3.86. The molecule has 0 radical (unpaired) electrons. The first-order chi connectivity index (χ1) is 14.1. The van der Waals surface area contributed by atoms with E-state index in [4.69, 9.17) is 4.74 Å². The minimum absolute atomic E-state index is 0.0110. The molecule has 1 saturated heterocycles. The van der Waals surface area contributed by atoms with Crippen LogP contribution in [-0.2, 0) is 0 Å². The van der Waals surface area contributed by atoms with Gasteiger partial charge in [0, 0.05) is 23.2 Å². The SMILES string of the molecule is COc1cccc([C@H]2CCN2C(=O)c2cc3ccc(-c4cn[nH]c4C)nc3[nH]2)c1. The first kappa shape index (κ1) is 17.5. The van der Waals surface area contributed by atoms with Gasteiger partial charge in [-0.25, -0.2) is 4.98 Å². The van der Waals surface area contributed by atoms with Crippen molar-refractivity contribution >= 4 is 16.9 Å². The van der Waals surface area contributed by atoms with Crippen LogP contribution in [0, 0.1) is 6.92 Å². The lowest BCUT2D eigenvalue weighted by Crippen LogP contribution is -2.45. The van der Waals surface area contributed by atoms with E-state index in [0.29, 0.717) is 11.3 Å². The van der Waals surface area contributed by atoms with Gasteiger partial charge in [0.1, 0.15) is 17.1 Å². The van der Waals surface area contributed by atoms with Crippen molar-refractivity contribution in [3.05, 3.63) is 65.6 Å². The molecule has 7 heteroatoms. The zero-order chi connectivity index (χ0) is 20.0. The number of H-pyrrole nitrogens is 2. The van der Waals surface area contributed by atoms with E-state index in [9.17, 15) is 4.79 Å². The minimum Gasteiger partial charge on any atom is -0.497 e. The molecular formula is C22H21N5O2. The number of methoxy groups -OCH3 is 1. The standard InChI is InChI=1S/C22H21N5O2/c1-13-17(12-23-26-13)18-7-6-15-11-19(25-21(15)24-18)22(28)27-9-8-20(27)14-4-3-5-16(10-14)29-2/h3-7,10-12,20H,8-9H2,1-2H3,(H,23,26)(H,24,25)/t20-/m1/s1. The van der Waals surface area contributed by atoms with Crippen molar-refractivity contribution in [2.75, 3.05) is 13.7 Å². The largest absolute Gasteiger partial charge is 0.497 e. The molecule has 1 fully saturated rings. The summed E-state index contributed by atoms with van der Waals surface area (Å²) >= 11 is 0. The number of carbonyl (C=O) groups is 1. The number of aromatic amines is 2. The Labute approximate surface area is 167 Å². The maximum atomic E-state index is 13.1. The van der Waals surface area contributed by atoms with Gasteiger partial charge in [-0.3, -0.25) is 9.89 Å². The highest BCUT2D eigenvalue weighted by Crippen LogP contribution is 2.36. The number of likely N-dealkylation sites (tertiary alicyclic amines) is 1.